The van der Waals surface area contributed by atoms with Crippen LogP contribution in [0.3, 0.4) is 0 Å². The van der Waals surface area contributed by atoms with Gasteiger partial charge in [-0.2, -0.15) is 0 Å². The second kappa shape index (κ2) is 7.67. The van der Waals surface area contributed by atoms with Crippen molar-refractivity contribution in [3.8, 4) is 0 Å². The van der Waals surface area contributed by atoms with Gasteiger partial charge in [0.25, 0.3) is 0 Å². The van der Waals surface area contributed by atoms with Gasteiger partial charge in [-0.3, -0.25) is 9.69 Å². The minimum absolute atomic E-state index is 0.260. The number of amides is 1. The highest BCUT2D eigenvalue weighted by molar-refractivity contribution is 5.78. The molecule has 0 bridgehead atoms. The van der Waals surface area contributed by atoms with E-state index in [0.717, 1.165) is 13.1 Å². The number of hydrogen-bond acceptors (Lipinski definition) is 3. The monoisotopic (exact) mass is 241 g/mol. The molecule has 0 aromatic carbocycles. The quantitative estimate of drug-likeness (QED) is 0.751. The molecule has 1 N–H and O–H groups in total. The third-order valence-corrected chi connectivity index (χ3v) is 3.66. The summed E-state index contributed by atoms with van der Waals surface area (Å²) in [5.74, 6) is 0.260. The zero-order valence-electron chi connectivity index (χ0n) is 11.5. The van der Waals surface area contributed by atoms with E-state index < -0.39 is 0 Å². The van der Waals surface area contributed by atoms with Crippen molar-refractivity contribution in [1.29, 1.82) is 0 Å². The molecular weight excluding hydrogens is 214 g/mol. The van der Waals surface area contributed by atoms with Crippen LogP contribution in [0.1, 0.15) is 32.1 Å². The highest BCUT2D eigenvalue weighted by Gasteiger charge is 2.22. The van der Waals surface area contributed by atoms with Gasteiger partial charge in [-0.25, -0.2) is 0 Å². The molecule has 4 heteroatoms. The Labute approximate surface area is 105 Å². The van der Waals surface area contributed by atoms with E-state index >= 15 is 0 Å². The van der Waals surface area contributed by atoms with Gasteiger partial charge in [-0.15, -0.1) is 0 Å². The smallest absolute Gasteiger partial charge is 0.236 e. The molecule has 0 heterocycles. The molecule has 1 aliphatic carbocycles. The summed E-state index contributed by atoms with van der Waals surface area (Å²) < 4.78 is 0. The zero-order chi connectivity index (χ0) is 12.7. The summed E-state index contributed by atoms with van der Waals surface area (Å²) in [6.07, 6.45) is 6.25. The molecule has 1 rings (SSSR count). The van der Waals surface area contributed by atoms with Gasteiger partial charge in [0.1, 0.15) is 0 Å². The first-order valence-corrected chi connectivity index (χ1v) is 6.74. The van der Waals surface area contributed by atoms with E-state index in [1.54, 1.807) is 0 Å². The fourth-order valence-corrected chi connectivity index (χ4v) is 2.40. The summed E-state index contributed by atoms with van der Waals surface area (Å²) in [6, 6.07) is 0.481. The van der Waals surface area contributed by atoms with Gasteiger partial charge in [0.05, 0.1) is 6.54 Å². The second-order valence-corrected chi connectivity index (χ2v) is 5.14. The van der Waals surface area contributed by atoms with Crippen molar-refractivity contribution in [3.05, 3.63) is 0 Å². The van der Waals surface area contributed by atoms with E-state index in [4.69, 9.17) is 0 Å². The predicted molar refractivity (Wildman–Crippen MR) is 71.1 cm³/mol. The summed E-state index contributed by atoms with van der Waals surface area (Å²) >= 11 is 0. The Morgan fingerprint density at radius 1 is 1.24 bits per heavy atom. The molecule has 0 aliphatic heterocycles. The largest absolute Gasteiger partial charge is 0.342 e. The first-order chi connectivity index (χ1) is 8.15. The molecule has 0 aromatic heterocycles. The average Bonchev–Trinajstić information content (AvgIpc) is 2.36. The van der Waals surface area contributed by atoms with Crippen LogP contribution in [0.15, 0.2) is 0 Å². The molecule has 0 unspecified atom stereocenters. The van der Waals surface area contributed by atoms with E-state index in [1.165, 1.54) is 32.1 Å². The Morgan fingerprint density at radius 2 is 1.88 bits per heavy atom. The number of nitrogens with one attached hydrogen (secondary N) is 1. The van der Waals surface area contributed by atoms with Crippen molar-refractivity contribution < 1.29 is 4.79 Å². The van der Waals surface area contributed by atoms with Crippen molar-refractivity contribution in [2.75, 3.05) is 40.8 Å². The Hall–Kier alpha value is -0.610. The Balaban J connectivity index is 2.29. The lowest BCUT2D eigenvalue weighted by Gasteiger charge is -2.32. The van der Waals surface area contributed by atoms with E-state index in [1.807, 2.05) is 26.0 Å². The minimum atomic E-state index is 0.260. The molecule has 1 aliphatic rings. The molecule has 0 aromatic rings. The van der Waals surface area contributed by atoms with Gasteiger partial charge in [0, 0.05) is 26.2 Å². The third-order valence-electron chi connectivity index (χ3n) is 3.66. The summed E-state index contributed by atoms with van der Waals surface area (Å²) in [7, 11) is 5.90. The predicted octanol–water partition coefficient (Wildman–Crippen LogP) is 0.929. The summed E-state index contributed by atoms with van der Waals surface area (Å²) in [5, 5.41) is 3.10. The van der Waals surface area contributed by atoms with Crippen molar-refractivity contribution in [1.82, 2.24) is 15.1 Å². The Morgan fingerprint density at radius 3 is 2.47 bits per heavy atom. The van der Waals surface area contributed by atoms with Crippen LogP contribution in [-0.2, 0) is 4.79 Å². The van der Waals surface area contributed by atoms with Crippen LogP contribution < -0.4 is 5.32 Å². The average molecular weight is 241 g/mol. The second-order valence-electron chi connectivity index (χ2n) is 5.14. The highest BCUT2D eigenvalue weighted by atomic mass is 16.2. The lowest BCUT2D eigenvalue weighted by molar-refractivity contribution is -0.133. The van der Waals surface area contributed by atoms with Crippen LogP contribution in [0, 0.1) is 0 Å². The topological polar surface area (TPSA) is 35.6 Å². The number of likely N-dealkylation sites (N-methyl/N-ethyl adjacent to an activating group) is 3. The maximum absolute atomic E-state index is 12.1. The van der Waals surface area contributed by atoms with Crippen molar-refractivity contribution >= 4 is 5.91 Å². The summed E-state index contributed by atoms with van der Waals surface area (Å²) in [5.41, 5.74) is 0. The molecule has 0 radical (unpaired) electrons. The van der Waals surface area contributed by atoms with Crippen molar-refractivity contribution in [2.45, 2.75) is 38.1 Å². The van der Waals surface area contributed by atoms with E-state index in [9.17, 15) is 4.79 Å². The van der Waals surface area contributed by atoms with Gasteiger partial charge in [0.2, 0.25) is 5.91 Å². The summed E-state index contributed by atoms with van der Waals surface area (Å²) in [4.78, 5) is 16.1. The number of carbonyl (C=O) groups is 1. The molecule has 0 saturated heterocycles. The molecule has 17 heavy (non-hydrogen) atoms. The molecular formula is C13H27N3O. The molecule has 0 spiro atoms. The Kier molecular flexibility index (Phi) is 6.52. The van der Waals surface area contributed by atoms with Crippen molar-refractivity contribution in [3.63, 3.8) is 0 Å². The third kappa shape index (κ3) is 5.04. The number of nitrogens with zero attached hydrogens (tertiary/aromatic N) is 2. The van der Waals surface area contributed by atoms with E-state index in [-0.39, 0.29) is 5.91 Å². The summed E-state index contributed by atoms with van der Waals surface area (Å²) in [6.45, 7) is 2.38. The molecule has 4 nitrogen and oxygen atoms in total. The lowest BCUT2D eigenvalue weighted by Crippen LogP contribution is -2.44. The van der Waals surface area contributed by atoms with Crippen molar-refractivity contribution in [2.24, 2.45) is 0 Å². The molecule has 0 atom stereocenters. The van der Waals surface area contributed by atoms with Crippen LogP contribution >= 0.6 is 0 Å². The van der Waals surface area contributed by atoms with Crippen LogP contribution in [0.5, 0.6) is 0 Å². The van der Waals surface area contributed by atoms with Gasteiger partial charge in [0.15, 0.2) is 0 Å². The number of rotatable bonds is 6. The van der Waals surface area contributed by atoms with E-state index in [0.29, 0.717) is 12.6 Å². The first kappa shape index (κ1) is 14.5. The maximum Gasteiger partial charge on any atom is 0.236 e. The standard InChI is InChI=1S/C13H27N3O/c1-14-9-10-15(2)11-13(17)16(3)12-7-5-4-6-8-12/h12,14H,4-11H2,1-3H3. The van der Waals surface area contributed by atoms with Gasteiger partial charge >= 0.3 is 0 Å². The van der Waals surface area contributed by atoms with Crippen LogP contribution in [0.2, 0.25) is 0 Å². The molecule has 1 amide bonds. The zero-order valence-corrected chi connectivity index (χ0v) is 11.5. The maximum atomic E-state index is 12.1. The van der Waals surface area contributed by atoms with Gasteiger partial charge in [-0.1, -0.05) is 19.3 Å². The molecule has 1 fully saturated rings. The Bertz CT molecular complexity index is 227. The van der Waals surface area contributed by atoms with Crippen LogP contribution in [0.4, 0.5) is 0 Å². The number of carbonyl (C=O) groups excluding carboxylic acids is 1. The fourth-order valence-electron chi connectivity index (χ4n) is 2.40. The fraction of sp³-hybridized carbons (Fsp3) is 0.923. The molecule has 1 saturated carbocycles. The lowest BCUT2D eigenvalue weighted by atomic mass is 9.94. The van der Waals surface area contributed by atoms with Crippen LogP contribution in [-0.4, -0.2) is 62.5 Å². The SMILES string of the molecule is CNCCN(C)CC(=O)N(C)C1CCCCC1. The normalized spacial score (nSPS) is 17.4. The van der Waals surface area contributed by atoms with E-state index in [2.05, 4.69) is 10.2 Å². The van der Waals surface area contributed by atoms with Gasteiger partial charge in [-0.05, 0) is 26.9 Å². The minimum Gasteiger partial charge on any atom is -0.342 e. The first-order valence-electron chi connectivity index (χ1n) is 6.74. The molecule has 100 valence electrons. The van der Waals surface area contributed by atoms with Gasteiger partial charge < -0.3 is 10.2 Å². The highest BCUT2D eigenvalue weighted by Crippen LogP contribution is 2.21. The number of hydrogen-bond donors (Lipinski definition) is 1. The van der Waals surface area contributed by atoms with Crippen LogP contribution in [0.25, 0.3) is 0 Å².